The van der Waals surface area contributed by atoms with Gasteiger partial charge in [0.1, 0.15) is 0 Å². The van der Waals surface area contributed by atoms with Gasteiger partial charge in [-0.15, -0.1) is 0 Å². The maximum absolute atomic E-state index is 12.5. The smallest absolute Gasteiger partial charge is 0.276 e. The Bertz CT molecular complexity index is 534. The number of piperidine rings is 2. The summed E-state index contributed by atoms with van der Waals surface area (Å²) in [5, 5.41) is 0. The second-order valence-corrected chi connectivity index (χ2v) is 7.01. The predicted octanol–water partition coefficient (Wildman–Crippen LogP) is 1.64. The van der Waals surface area contributed by atoms with Gasteiger partial charge >= 0.3 is 0 Å². The number of rotatable bonds is 3. The van der Waals surface area contributed by atoms with Crippen LogP contribution in [0.2, 0.25) is 0 Å². The molecule has 0 unspecified atom stereocenters. The van der Waals surface area contributed by atoms with Gasteiger partial charge in [-0.25, -0.2) is 9.97 Å². The van der Waals surface area contributed by atoms with Crippen molar-refractivity contribution in [3.63, 3.8) is 0 Å². The molecule has 2 N–H and O–H groups in total. The minimum absolute atomic E-state index is 0.0825. The summed E-state index contributed by atoms with van der Waals surface area (Å²) in [5.41, 5.74) is 6.05. The average molecular weight is 317 g/mol. The van der Waals surface area contributed by atoms with Gasteiger partial charge in [0.2, 0.25) is 0 Å². The van der Waals surface area contributed by atoms with Crippen LogP contribution in [0.5, 0.6) is 0 Å². The minimum atomic E-state index is -0.0825. The van der Waals surface area contributed by atoms with Crippen molar-refractivity contribution >= 4 is 11.7 Å². The first-order valence-corrected chi connectivity index (χ1v) is 8.71. The zero-order valence-electron chi connectivity index (χ0n) is 13.9. The first kappa shape index (κ1) is 16.2. The van der Waals surface area contributed by atoms with Crippen LogP contribution in [0.4, 0.5) is 5.82 Å². The van der Waals surface area contributed by atoms with Crippen molar-refractivity contribution in [2.75, 3.05) is 38.5 Å². The van der Waals surface area contributed by atoms with Crippen molar-refractivity contribution in [3.05, 3.63) is 18.1 Å². The molecule has 23 heavy (non-hydrogen) atoms. The van der Waals surface area contributed by atoms with E-state index < -0.39 is 0 Å². The lowest BCUT2D eigenvalue weighted by Gasteiger charge is -2.37. The Labute approximate surface area is 138 Å². The Hall–Kier alpha value is -1.69. The topological polar surface area (TPSA) is 75.3 Å². The molecule has 6 nitrogen and oxygen atoms in total. The number of likely N-dealkylation sites (tertiary alicyclic amines) is 2. The number of nitrogen functional groups attached to an aromatic ring is 1. The van der Waals surface area contributed by atoms with Crippen molar-refractivity contribution in [1.29, 1.82) is 0 Å². The van der Waals surface area contributed by atoms with E-state index >= 15 is 0 Å². The quantitative estimate of drug-likeness (QED) is 0.917. The van der Waals surface area contributed by atoms with Crippen molar-refractivity contribution in [2.24, 2.45) is 11.8 Å². The fourth-order valence-corrected chi connectivity index (χ4v) is 3.59. The summed E-state index contributed by atoms with van der Waals surface area (Å²) in [5.74, 6) is 1.72. The van der Waals surface area contributed by atoms with E-state index in [1.54, 1.807) is 0 Å². The lowest BCUT2D eigenvalue weighted by molar-refractivity contribution is 0.0648. The maximum atomic E-state index is 12.5. The van der Waals surface area contributed by atoms with Gasteiger partial charge in [-0.1, -0.05) is 6.92 Å². The summed E-state index contributed by atoms with van der Waals surface area (Å²) < 4.78 is 0. The molecule has 0 atom stereocenters. The molecule has 1 aromatic rings. The van der Waals surface area contributed by atoms with Crippen LogP contribution in [-0.2, 0) is 0 Å². The Kier molecular flexibility index (Phi) is 5.10. The highest BCUT2D eigenvalue weighted by molar-refractivity contribution is 5.96. The fraction of sp³-hybridized carbons (Fsp3) is 0.706. The normalized spacial score (nSPS) is 21.5. The standard InChI is InChI=1S/C17H27N5O/c1-13-2-8-21(9-3-13)12-14-4-10-22(11-5-14)17(23)15-16(18)20-7-6-19-15/h6-7,13-14H,2-5,8-12H2,1H3,(H2,18,20). The van der Waals surface area contributed by atoms with E-state index in [4.69, 9.17) is 5.73 Å². The Morgan fingerprint density at radius 3 is 2.43 bits per heavy atom. The third-order valence-corrected chi connectivity index (χ3v) is 5.22. The molecule has 6 heteroatoms. The highest BCUT2D eigenvalue weighted by Gasteiger charge is 2.27. The molecule has 1 amide bonds. The second-order valence-electron chi connectivity index (χ2n) is 7.01. The van der Waals surface area contributed by atoms with Crippen LogP contribution in [-0.4, -0.2) is 58.4 Å². The van der Waals surface area contributed by atoms with Gasteiger partial charge in [0.25, 0.3) is 5.91 Å². The number of amides is 1. The van der Waals surface area contributed by atoms with Crippen LogP contribution in [0, 0.1) is 11.8 Å². The van der Waals surface area contributed by atoms with Crippen LogP contribution in [0.1, 0.15) is 43.1 Å². The van der Waals surface area contributed by atoms with E-state index in [0.717, 1.165) is 31.8 Å². The fourth-order valence-electron chi connectivity index (χ4n) is 3.59. The molecule has 3 rings (SSSR count). The SMILES string of the molecule is CC1CCN(CC2CCN(C(=O)c3nccnc3N)CC2)CC1. The van der Waals surface area contributed by atoms with Crippen LogP contribution >= 0.6 is 0 Å². The van der Waals surface area contributed by atoms with E-state index in [-0.39, 0.29) is 17.4 Å². The van der Waals surface area contributed by atoms with E-state index in [0.29, 0.717) is 5.92 Å². The molecule has 0 radical (unpaired) electrons. The summed E-state index contributed by atoms with van der Waals surface area (Å²) in [4.78, 5) is 25.0. The molecule has 2 saturated heterocycles. The lowest BCUT2D eigenvalue weighted by atomic mass is 9.93. The van der Waals surface area contributed by atoms with Gasteiger partial charge in [0.05, 0.1) is 0 Å². The third kappa shape index (κ3) is 3.99. The lowest BCUT2D eigenvalue weighted by Crippen LogP contribution is -2.43. The number of nitrogens with two attached hydrogens (primary N) is 1. The van der Waals surface area contributed by atoms with Crippen molar-refractivity contribution < 1.29 is 4.79 Å². The van der Waals surface area contributed by atoms with Crippen LogP contribution < -0.4 is 5.73 Å². The number of nitrogens with zero attached hydrogens (tertiary/aromatic N) is 4. The average Bonchev–Trinajstić information content (AvgIpc) is 2.57. The van der Waals surface area contributed by atoms with Crippen molar-refractivity contribution in [2.45, 2.75) is 32.6 Å². The number of hydrogen-bond acceptors (Lipinski definition) is 5. The molecule has 3 heterocycles. The monoisotopic (exact) mass is 317 g/mol. The van der Waals surface area contributed by atoms with E-state index in [9.17, 15) is 4.79 Å². The van der Waals surface area contributed by atoms with Crippen LogP contribution in [0.25, 0.3) is 0 Å². The molecule has 2 fully saturated rings. The molecule has 0 saturated carbocycles. The minimum Gasteiger partial charge on any atom is -0.382 e. The second kappa shape index (κ2) is 7.25. The molecule has 0 aliphatic carbocycles. The molecule has 2 aliphatic rings. The molecule has 126 valence electrons. The van der Waals surface area contributed by atoms with E-state index in [2.05, 4.69) is 21.8 Å². The summed E-state index contributed by atoms with van der Waals surface area (Å²) in [6.07, 6.45) is 7.81. The highest BCUT2D eigenvalue weighted by Crippen LogP contribution is 2.23. The van der Waals surface area contributed by atoms with E-state index in [1.807, 2.05) is 4.90 Å². The van der Waals surface area contributed by atoms with Crippen molar-refractivity contribution in [1.82, 2.24) is 19.8 Å². The zero-order valence-corrected chi connectivity index (χ0v) is 13.9. The van der Waals surface area contributed by atoms with Crippen LogP contribution in [0.3, 0.4) is 0 Å². The number of carbonyl (C=O) groups excluding carboxylic acids is 1. The number of anilines is 1. The Morgan fingerprint density at radius 1 is 1.13 bits per heavy atom. The molecule has 2 aliphatic heterocycles. The molecule has 1 aromatic heterocycles. The van der Waals surface area contributed by atoms with Crippen molar-refractivity contribution in [3.8, 4) is 0 Å². The number of carbonyl (C=O) groups is 1. The largest absolute Gasteiger partial charge is 0.382 e. The summed E-state index contributed by atoms with van der Waals surface area (Å²) >= 11 is 0. The highest BCUT2D eigenvalue weighted by atomic mass is 16.2. The summed E-state index contributed by atoms with van der Waals surface area (Å²) in [6, 6.07) is 0. The van der Waals surface area contributed by atoms with Gasteiger partial charge in [0.15, 0.2) is 11.5 Å². The first-order chi connectivity index (χ1) is 11.1. The van der Waals surface area contributed by atoms with Gasteiger partial charge in [-0.2, -0.15) is 0 Å². The Balaban J connectivity index is 1.48. The molecule has 0 spiro atoms. The summed E-state index contributed by atoms with van der Waals surface area (Å²) in [6.45, 7) is 7.59. The van der Waals surface area contributed by atoms with Gasteiger partial charge in [-0.05, 0) is 50.6 Å². The molecule has 0 bridgehead atoms. The number of hydrogen-bond donors (Lipinski definition) is 1. The zero-order chi connectivity index (χ0) is 16.2. The Morgan fingerprint density at radius 2 is 1.78 bits per heavy atom. The molecule has 0 aromatic carbocycles. The van der Waals surface area contributed by atoms with Gasteiger partial charge < -0.3 is 15.5 Å². The maximum Gasteiger partial charge on any atom is 0.276 e. The molecular formula is C17H27N5O. The van der Waals surface area contributed by atoms with Gasteiger partial charge in [0, 0.05) is 32.0 Å². The molecular weight excluding hydrogens is 290 g/mol. The van der Waals surface area contributed by atoms with Gasteiger partial charge in [-0.3, -0.25) is 4.79 Å². The van der Waals surface area contributed by atoms with E-state index in [1.165, 1.54) is 44.9 Å². The number of aromatic nitrogens is 2. The predicted molar refractivity (Wildman–Crippen MR) is 89.9 cm³/mol. The summed E-state index contributed by atoms with van der Waals surface area (Å²) in [7, 11) is 0. The first-order valence-electron chi connectivity index (χ1n) is 8.71. The third-order valence-electron chi connectivity index (χ3n) is 5.22. The van der Waals surface area contributed by atoms with Crippen LogP contribution in [0.15, 0.2) is 12.4 Å².